The van der Waals surface area contributed by atoms with Gasteiger partial charge in [-0.15, -0.1) is 0 Å². The Kier molecular flexibility index (Phi) is 5.22. The zero-order chi connectivity index (χ0) is 22.9. The van der Waals surface area contributed by atoms with Crippen molar-refractivity contribution in [3.8, 4) is 0 Å². The molecule has 2 heterocycles. The van der Waals surface area contributed by atoms with Crippen LogP contribution in [0.4, 0.5) is 5.69 Å². The average Bonchev–Trinajstić information content (AvgIpc) is 3.16. The molecule has 5 aromatic rings. The number of aryl methyl sites for hydroxylation is 1. The van der Waals surface area contributed by atoms with Crippen molar-refractivity contribution >= 4 is 50.4 Å². The predicted molar refractivity (Wildman–Crippen MR) is 128 cm³/mol. The molecule has 0 aliphatic rings. The largest absolute Gasteiger partial charge is 0.448 e. The first-order valence-electron chi connectivity index (χ1n) is 10.8. The minimum atomic E-state index is -1.00. The molecule has 164 valence electrons. The van der Waals surface area contributed by atoms with Gasteiger partial charge >= 0.3 is 5.97 Å². The molecule has 0 fully saturated rings. The Hall–Kier alpha value is -4.26. The smallest absolute Gasteiger partial charge is 0.359 e. The number of rotatable bonds is 5. The molecule has 33 heavy (non-hydrogen) atoms. The van der Waals surface area contributed by atoms with Crippen LogP contribution in [0.1, 0.15) is 24.3 Å². The SMILES string of the molecule is CCn1c2ccccc2c2cc(NC(=O)C(C)OC(=O)c3cnc4ccccc4n3)ccc21. The van der Waals surface area contributed by atoms with Crippen molar-refractivity contribution in [1.82, 2.24) is 14.5 Å². The fourth-order valence-electron chi connectivity index (χ4n) is 4.05. The molecular formula is C26H22N4O3. The highest BCUT2D eigenvalue weighted by molar-refractivity contribution is 6.10. The highest BCUT2D eigenvalue weighted by Gasteiger charge is 2.21. The molecule has 0 aliphatic carbocycles. The Balaban J connectivity index is 1.34. The number of carbonyl (C=O) groups is 2. The molecule has 0 saturated heterocycles. The van der Waals surface area contributed by atoms with Gasteiger partial charge in [-0.1, -0.05) is 30.3 Å². The van der Waals surface area contributed by atoms with E-state index in [9.17, 15) is 9.59 Å². The molecule has 7 nitrogen and oxygen atoms in total. The Morgan fingerprint density at radius 1 is 0.970 bits per heavy atom. The van der Waals surface area contributed by atoms with E-state index in [1.165, 1.54) is 13.1 Å². The van der Waals surface area contributed by atoms with Crippen LogP contribution in [0, 0.1) is 0 Å². The Bertz CT molecular complexity index is 1520. The maximum Gasteiger partial charge on any atom is 0.359 e. The predicted octanol–water partition coefficient (Wildman–Crippen LogP) is 4.94. The van der Waals surface area contributed by atoms with E-state index in [1.54, 1.807) is 6.07 Å². The van der Waals surface area contributed by atoms with E-state index in [0.29, 0.717) is 16.7 Å². The average molecular weight is 438 g/mol. The molecule has 0 saturated carbocycles. The normalized spacial score (nSPS) is 12.2. The van der Waals surface area contributed by atoms with E-state index >= 15 is 0 Å². The number of carbonyl (C=O) groups excluding carboxylic acids is 2. The number of hydrogen-bond donors (Lipinski definition) is 1. The van der Waals surface area contributed by atoms with E-state index in [0.717, 1.165) is 28.4 Å². The summed E-state index contributed by atoms with van der Waals surface area (Å²) in [6.45, 7) is 4.49. The Morgan fingerprint density at radius 3 is 2.52 bits per heavy atom. The first-order chi connectivity index (χ1) is 16.0. The number of fused-ring (bicyclic) bond motifs is 4. The molecule has 1 amide bonds. The van der Waals surface area contributed by atoms with Crippen molar-refractivity contribution in [1.29, 1.82) is 0 Å². The molecule has 0 radical (unpaired) electrons. The summed E-state index contributed by atoms with van der Waals surface area (Å²) in [7, 11) is 0. The lowest BCUT2D eigenvalue weighted by Crippen LogP contribution is -2.30. The summed E-state index contributed by atoms with van der Waals surface area (Å²) in [5.41, 5.74) is 4.22. The van der Waals surface area contributed by atoms with Crippen LogP contribution in [0.25, 0.3) is 32.8 Å². The minimum Gasteiger partial charge on any atom is -0.448 e. The van der Waals surface area contributed by atoms with Gasteiger partial charge in [0, 0.05) is 34.0 Å². The Labute approximate surface area is 190 Å². The van der Waals surface area contributed by atoms with Gasteiger partial charge in [-0.3, -0.25) is 9.78 Å². The number of para-hydroxylation sites is 3. The van der Waals surface area contributed by atoms with Gasteiger partial charge in [0.1, 0.15) is 0 Å². The third-order valence-electron chi connectivity index (χ3n) is 5.67. The maximum atomic E-state index is 12.7. The van der Waals surface area contributed by atoms with Crippen LogP contribution >= 0.6 is 0 Å². The van der Waals surface area contributed by atoms with Crippen LogP contribution < -0.4 is 5.32 Å². The number of hydrogen-bond acceptors (Lipinski definition) is 5. The number of ether oxygens (including phenoxy) is 1. The molecule has 5 rings (SSSR count). The van der Waals surface area contributed by atoms with Crippen LogP contribution in [-0.4, -0.2) is 32.5 Å². The van der Waals surface area contributed by atoms with Crippen molar-refractivity contribution in [2.75, 3.05) is 5.32 Å². The van der Waals surface area contributed by atoms with Crippen molar-refractivity contribution in [2.24, 2.45) is 0 Å². The molecule has 2 aromatic heterocycles. The fraction of sp³-hybridized carbons (Fsp3) is 0.154. The first kappa shape index (κ1) is 20.6. The van der Waals surface area contributed by atoms with Crippen LogP contribution in [-0.2, 0) is 16.1 Å². The van der Waals surface area contributed by atoms with Gasteiger partial charge in [0.2, 0.25) is 0 Å². The highest BCUT2D eigenvalue weighted by atomic mass is 16.5. The summed E-state index contributed by atoms with van der Waals surface area (Å²) in [6, 6.07) is 21.2. The number of anilines is 1. The molecule has 0 spiro atoms. The molecule has 1 atom stereocenters. The van der Waals surface area contributed by atoms with Gasteiger partial charge in [-0.2, -0.15) is 0 Å². The van der Waals surface area contributed by atoms with Crippen molar-refractivity contribution in [3.63, 3.8) is 0 Å². The number of esters is 1. The monoisotopic (exact) mass is 438 g/mol. The van der Waals surface area contributed by atoms with E-state index in [1.807, 2.05) is 48.5 Å². The van der Waals surface area contributed by atoms with Gasteiger partial charge in [0.15, 0.2) is 11.8 Å². The first-order valence-corrected chi connectivity index (χ1v) is 10.8. The molecule has 0 aliphatic heterocycles. The lowest BCUT2D eigenvalue weighted by Gasteiger charge is -2.13. The number of aromatic nitrogens is 3. The molecule has 1 unspecified atom stereocenters. The van der Waals surface area contributed by atoms with Gasteiger partial charge in [0.25, 0.3) is 5.91 Å². The molecule has 1 N–H and O–H groups in total. The van der Waals surface area contributed by atoms with Crippen molar-refractivity contribution in [2.45, 2.75) is 26.5 Å². The Morgan fingerprint density at radius 2 is 1.70 bits per heavy atom. The van der Waals surface area contributed by atoms with E-state index < -0.39 is 18.0 Å². The maximum absolute atomic E-state index is 12.7. The van der Waals surface area contributed by atoms with E-state index in [4.69, 9.17) is 4.74 Å². The standard InChI is InChI=1S/C26H22N4O3/c1-3-30-23-11-7-4-8-18(23)19-14-17(12-13-24(19)30)28-25(31)16(2)33-26(32)22-15-27-20-9-5-6-10-21(20)29-22/h4-16H,3H2,1-2H3,(H,28,31). The quantitative estimate of drug-likeness (QED) is 0.393. The third-order valence-corrected chi connectivity index (χ3v) is 5.67. The summed E-state index contributed by atoms with van der Waals surface area (Å²) in [6.07, 6.45) is 0.352. The lowest BCUT2D eigenvalue weighted by molar-refractivity contribution is -0.123. The lowest BCUT2D eigenvalue weighted by atomic mass is 10.1. The van der Waals surface area contributed by atoms with Gasteiger partial charge < -0.3 is 14.6 Å². The van der Waals surface area contributed by atoms with Crippen LogP contribution in [0.3, 0.4) is 0 Å². The summed E-state index contributed by atoms with van der Waals surface area (Å²) >= 11 is 0. The second-order valence-corrected chi connectivity index (χ2v) is 7.77. The third kappa shape index (κ3) is 3.78. The molecular weight excluding hydrogens is 416 g/mol. The van der Waals surface area contributed by atoms with Crippen LogP contribution in [0.15, 0.2) is 72.9 Å². The summed E-state index contributed by atoms with van der Waals surface area (Å²) in [4.78, 5) is 33.7. The summed E-state index contributed by atoms with van der Waals surface area (Å²) in [5.74, 6) is -1.12. The van der Waals surface area contributed by atoms with Crippen LogP contribution in [0.2, 0.25) is 0 Å². The van der Waals surface area contributed by atoms with Gasteiger partial charge in [-0.05, 0) is 50.2 Å². The van der Waals surface area contributed by atoms with E-state index in [2.05, 4.69) is 38.9 Å². The highest BCUT2D eigenvalue weighted by Crippen LogP contribution is 2.31. The fourth-order valence-corrected chi connectivity index (χ4v) is 4.05. The summed E-state index contributed by atoms with van der Waals surface area (Å²) < 4.78 is 7.58. The zero-order valence-electron chi connectivity index (χ0n) is 18.3. The van der Waals surface area contributed by atoms with Crippen LogP contribution in [0.5, 0.6) is 0 Å². The number of nitrogens with zero attached hydrogens (tertiary/aromatic N) is 3. The van der Waals surface area contributed by atoms with Gasteiger partial charge in [-0.25, -0.2) is 9.78 Å². The molecule has 3 aromatic carbocycles. The summed E-state index contributed by atoms with van der Waals surface area (Å²) in [5, 5.41) is 5.03. The molecule has 7 heteroatoms. The molecule has 0 bridgehead atoms. The minimum absolute atomic E-state index is 0.0575. The topological polar surface area (TPSA) is 86.1 Å². The zero-order valence-corrected chi connectivity index (χ0v) is 18.3. The second-order valence-electron chi connectivity index (χ2n) is 7.77. The van der Waals surface area contributed by atoms with Crippen molar-refractivity contribution in [3.05, 3.63) is 78.6 Å². The van der Waals surface area contributed by atoms with E-state index in [-0.39, 0.29) is 5.69 Å². The van der Waals surface area contributed by atoms with Crippen molar-refractivity contribution < 1.29 is 14.3 Å². The number of benzene rings is 3. The number of nitrogens with one attached hydrogen (secondary N) is 1. The number of amides is 1. The van der Waals surface area contributed by atoms with Gasteiger partial charge in [0.05, 0.1) is 17.2 Å². The second kappa shape index (κ2) is 8.35.